The van der Waals surface area contributed by atoms with Gasteiger partial charge < -0.3 is 20.3 Å². The number of aryl methyl sites for hydroxylation is 1. The molecule has 6 nitrogen and oxygen atoms in total. The molecule has 0 radical (unpaired) electrons. The van der Waals surface area contributed by atoms with Crippen molar-refractivity contribution in [3.05, 3.63) is 70.8 Å². The fourth-order valence-corrected chi connectivity index (χ4v) is 4.25. The van der Waals surface area contributed by atoms with Crippen LogP contribution in [0.2, 0.25) is 0 Å². The van der Waals surface area contributed by atoms with Gasteiger partial charge in [-0.1, -0.05) is 36.4 Å². The van der Waals surface area contributed by atoms with Crippen molar-refractivity contribution in [2.75, 3.05) is 40.4 Å². The van der Waals surface area contributed by atoms with Crippen LogP contribution < -0.4 is 10.6 Å². The average molecular weight is 437 g/mol. The Morgan fingerprint density at radius 2 is 1.75 bits per heavy atom. The van der Waals surface area contributed by atoms with Crippen LogP contribution in [0.4, 0.5) is 0 Å². The van der Waals surface area contributed by atoms with Gasteiger partial charge in [0.1, 0.15) is 0 Å². The van der Waals surface area contributed by atoms with Crippen LogP contribution in [0.1, 0.15) is 46.8 Å². The topological polar surface area (TPSA) is 66.0 Å². The molecule has 1 fully saturated rings. The third-order valence-electron chi connectivity index (χ3n) is 6.13. The van der Waals surface area contributed by atoms with E-state index in [0.29, 0.717) is 12.1 Å². The Bertz CT molecular complexity index is 916. The van der Waals surface area contributed by atoms with E-state index in [4.69, 9.17) is 9.73 Å². The second-order valence-electron chi connectivity index (χ2n) is 8.65. The van der Waals surface area contributed by atoms with Gasteiger partial charge in [0.2, 0.25) is 0 Å². The molecule has 0 unspecified atom stereocenters. The first-order valence-electron chi connectivity index (χ1n) is 11.4. The number of hydrogen-bond donors (Lipinski definition) is 2. The number of amides is 1. The predicted octanol–water partition coefficient (Wildman–Crippen LogP) is 3.50. The Labute approximate surface area is 192 Å². The molecule has 1 aliphatic heterocycles. The number of carbonyl (C=O) groups is 1. The Hall–Kier alpha value is -2.86. The highest BCUT2D eigenvalue weighted by Crippen LogP contribution is 2.36. The molecule has 2 N–H and O–H groups in total. The summed E-state index contributed by atoms with van der Waals surface area (Å²) in [5.41, 5.74) is 4.51. The van der Waals surface area contributed by atoms with Crippen LogP contribution in [0, 0.1) is 6.92 Å². The van der Waals surface area contributed by atoms with Crippen LogP contribution in [-0.2, 0) is 16.7 Å². The van der Waals surface area contributed by atoms with Crippen molar-refractivity contribution in [1.82, 2.24) is 15.5 Å². The molecule has 6 heteroatoms. The maximum absolute atomic E-state index is 12.1. The van der Waals surface area contributed by atoms with Crippen molar-refractivity contribution in [2.45, 2.75) is 38.6 Å². The molecule has 1 heterocycles. The Kier molecular flexibility index (Phi) is 8.28. The lowest BCUT2D eigenvalue weighted by Gasteiger charge is -2.39. The van der Waals surface area contributed by atoms with E-state index in [0.717, 1.165) is 50.7 Å². The SMILES string of the molecule is CCNC(=NCc1ccc(C(=O)N(C)C)cc1)NCC1(c2ccccc2C)CCOCC1. The summed E-state index contributed by atoms with van der Waals surface area (Å²) in [5.74, 6) is 0.813. The number of nitrogens with one attached hydrogen (secondary N) is 2. The quantitative estimate of drug-likeness (QED) is 0.515. The highest BCUT2D eigenvalue weighted by Gasteiger charge is 2.35. The number of guanidine groups is 1. The summed E-state index contributed by atoms with van der Waals surface area (Å²) in [7, 11) is 3.52. The van der Waals surface area contributed by atoms with E-state index in [1.165, 1.54) is 11.1 Å². The van der Waals surface area contributed by atoms with Crippen molar-refractivity contribution in [3.63, 3.8) is 0 Å². The molecule has 0 spiro atoms. The van der Waals surface area contributed by atoms with Crippen molar-refractivity contribution in [2.24, 2.45) is 4.99 Å². The molecule has 1 saturated heterocycles. The van der Waals surface area contributed by atoms with Crippen LogP contribution in [0.5, 0.6) is 0 Å². The monoisotopic (exact) mass is 436 g/mol. The number of benzene rings is 2. The van der Waals surface area contributed by atoms with Crippen LogP contribution in [0.25, 0.3) is 0 Å². The summed E-state index contributed by atoms with van der Waals surface area (Å²) in [6, 6.07) is 16.3. The minimum atomic E-state index is 0.00743. The van der Waals surface area contributed by atoms with Crippen LogP contribution >= 0.6 is 0 Å². The first-order valence-corrected chi connectivity index (χ1v) is 11.4. The molecule has 0 bridgehead atoms. The van der Waals surface area contributed by atoms with Gasteiger partial charge in [0.15, 0.2) is 5.96 Å². The Balaban J connectivity index is 1.71. The molecule has 0 saturated carbocycles. The molecule has 2 aromatic rings. The maximum atomic E-state index is 12.1. The number of nitrogens with zero attached hydrogens (tertiary/aromatic N) is 2. The van der Waals surface area contributed by atoms with E-state index >= 15 is 0 Å². The lowest BCUT2D eigenvalue weighted by atomic mass is 9.72. The smallest absolute Gasteiger partial charge is 0.253 e. The standard InChI is InChI=1S/C26H36N4O2/c1-5-27-25(28-18-21-10-12-22(13-11-21)24(31)30(3)4)29-19-26(14-16-32-17-15-26)23-9-7-6-8-20(23)2/h6-13H,5,14-19H2,1-4H3,(H2,27,28,29). The van der Waals surface area contributed by atoms with Crippen molar-refractivity contribution < 1.29 is 9.53 Å². The van der Waals surface area contributed by atoms with Gasteiger partial charge in [-0.25, -0.2) is 4.99 Å². The van der Waals surface area contributed by atoms with Gasteiger partial charge >= 0.3 is 0 Å². The summed E-state index contributed by atoms with van der Waals surface area (Å²) in [6.07, 6.45) is 1.98. The van der Waals surface area contributed by atoms with E-state index in [2.05, 4.69) is 48.7 Å². The van der Waals surface area contributed by atoms with Crippen molar-refractivity contribution in [3.8, 4) is 0 Å². The fraction of sp³-hybridized carbons (Fsp3) is 0.462. The number of hydrogen-bond acceptors (Lipinski definition) is 3. The molecule has 1 amide bonds. The number of aliphatic imine (C=N–C) groups is 1. The molecule has 32 heavy (non-hydrogen) atoms. The van der Waals surface area contributed by atoms with E-state index in [1.807, 2.05) is 24.3 Å². The zero-order valence-corrected chi connectivity index (χ0v) is 19.8. The van der Waals surface area contributed by atoms with Gasteiger partial charge in [-0.3, -0.25) is 4.79 Å². The van der Waals surface area contributed by atoms with Gasteiger partial charge in [-0.2, -0.15) is 0 Å². The predicted molar refractivity (Wildman–Crippen MR) is 130 cm³/mol. The minimum Gasteiger partial charge on any atom is -0.381 e. The highest BCUT2D eigenvalue weighted by molar-refractivity contribution is 5.93. The zero-order chi connectivity index (χ0) is 23.0. The lowest BCUT2D eigenvalue weighted by molar-refractivity contribution is 0.0512. The van der Waals surface area contributed by atoms with Gasteiger partial charge in [0.05, 0.1) is 6.54 Å². The fourth-order valence-electron chi connectivity index (χ4n) is 4.25. The second kappa shape index (κ2) is 11.1. The normalized spacial score (nSPS) is 15.8. The maximum Gasteiger partial charge on any atom is 0.253 e. The van der Waals surface area contributed by atoms with Crippen molar-refractivity contribution in [1.29, 1.82) is 0 Å². The molecular formula is C26H36N4O2. The average Bonchev–Trinajstić information content (AvgIpc) is 2.81. The van der Waals surface area contributed by atoms with Crippen LogP contribution in [0.3, 0.4) is 0 Å². The largest absolute Gasteiger partial charge is 0.381 e. The summed E-state index contributed by atoms with van der Waals surface area (Å²) >= 11 is 0. The lowest BCUT2D eigenvalue weighted by Crippen LogP contribution is -2.48. The number of rotatable bonds is 7. The van der Waals surface area contributed by atoms with Crippen LogP contribution in [-0.4, -0.2) is 57.2 Å². The molecule has 0 aliphatic carbocycles. The van der Waals surface area contributed by atoms with E-state index < -0.39 is 0 Å². The molecule has 1 aliphatic rings. The van der Waals surface area contributed by atoms with E-state index in [9.17, 15) is 4.79 Å². The number of ether oxygens (including phenoxy) is 1. The minimum absolute atomic E-state index is 0.00743. The summed E-state index contributed by atoms with van der Waals surface area (Å²) < 4.78 is 5.69. The molecular weight excluding hydrogens is 400 g/mol. The third kappa shape index (κ3) is 5.88. The van der Waals surface area contributed by atoms with Crippen molar-refractivity contribution >= 4 is 11.9 Å². The zero-order valence-electron chi connectivity index (χ0n) is 19.8. The molecule has 172 valence electrons. The summed E-state index contributed by atoms with van der Waals surface area (Å²) in [4.78, 5) is 18.5. The van der Waals surface area contributed by atoms with Gasteiger partial charge in [0, 0.05) is 51.4 Å². The third-order valence-corrected chi connectivity index (χ3v) is 6.13. The molecule has 3 rings (SSSR count). The second-order valence-corrected chi connectivity index (χ2v) is 8.65. The van der Waals surface area contributed by atoms with Gasteiger partial charge in [-0.15, -0.1) is 0 Å². The van der Waals surface area contributed by atoms with Gasteiger partial charge in [-0.05, 0) is 55.5 Å². The molecule has 0 atom stereocenters. The molecule has 2 aromatic carbocycles. The van der Waals surface area contributed by atoms with E-state index in [1.54, 1.807) is 19.0 Å². The Morgan fingerprint density at radius 3 is 2.38 bits per heavy atom. The summed E-state index contributed by atoms with van der Waals surface area (Å²) in [5, 5.41) is 6.96. The summed E-state index contributed by atoms with van der Waals surface area (Å²) in [6.45, 7) is 7.97. The first-order chi connectivity index (χ1) is 15.4. The van der Waals surface area contributed by atoms with E-state index in [-0.39, 0.29) is 11.3 Å². The number of carbonyl (C=O) groups excluding carboxylic acids is 1. The highest BCUT2D eigenvalue weighted by atomic mass is 16.5. The van der Waals surface area contributed by atoms with Gasteiger partial charge in [0.25, 0.3) is 5.91 Å². The Morgan fingerprint density at radius 1 is 1.06 bits per heavy atom. The first kappa shape index (κ1) is 23.8. The molecule has 0 aromatic heterocycles. The van der Waals surface area contributed by atoms with Crippen LogP contribution in [0.15, 0.2) is 53.5 Å².